The molecule has 1 atom stereocenters. The van der Waals surface area contributed by atoms with Gasteiger partial charge in [-0.15, -0.1) is 0 Å². The molecule has 1 aliphatic carbocycles. The molecule has 1 fully saturated rings. The number of esters is 1. The third-order valence-electron chi connectivity index (χ3n) is 8.25. The Morgan fingerprint density at radius 2 is 1.88 bits per heavy atom. The molecule has 0 spiro atoms. The van der Waals surface area contributed by atoms with Crippen LogP contribution in [-0.4, -0.2) is 64.0 Å². The minimum absolute atomic E-state index is 0.102. The zero-order valence-corrected chi connectivity index (χ0v) is 25.1. The number of benzene rings is 1. The summed E-state index contributed by atoms with van der Waals surface area (Å²) in [6, 6.07) is 10.6. The van der Waals surface area contributed by atoms with Crippen LogP contribution >= 0.6 is 0 Å². The van der Waals surface area contributed by atoms with E-state index in [0.29, 0.717) is 36.6 Å². The summed E-state index contributed by atoms with van der Waals surface area (Å²) in [5.41, 5.74) is 5.32. The number of hydrogen-bond donors (Lipinski definition) is 1. The molecule has 41 heavy (non-hydrogen) atoms. The van der Waals surface area contributed by atoms with Crippen LogP contribution in [0.1, 0.15) is 95.0 Å². The zero-order chi connectivity index (χ0) is 29.5. The second-order valence-corrected chi connectivity index (χ2v) is 12.0. The van der Waals surface area contributed by atoms with Crippen LogP contribution < -0.4 is 10.2 Å². The van der Waals surface area contributed by atoms with Gasteiger partial charge in [0.05, 0.1) is 41.8 Å². The highest BCUT2D eigenvalue weighted by Gasteiger charge is 2.39. The number of nitrogens with zero attached hydrogens (tertiary/aromatic N) is 5. The van der Waals surface area contributed by atoms with E-state index in [-0.39, 0.29) is 23.8 Å². The van der Waals surface area contributed by atoms with Crippen molar-refractivity contribution in [2.24, 2.45) is 0 Å². The molecule has 1 amide bonds. The highest BCUT2D eigenvalue weighted by atomic mass is 16.5. The fourth-order valence-corrected chi connectivity index (χ4v) is 6.14. The monoisotopic (exact) mass is 556 g/mol. The lowest BCUT2D eigenvalue weighted by Crippen LogP contribution is -2.61. The molecule has 216 valence electrons. The van der Waals surface area contributed by atoms with Gasteiger partial charge in [-0.1, -0.05) is 38.1 Å². The molecule has 1 aromatic carbocycles. The van der Waals surface area contributed by atoms with Crippen molar-refractivity contribution in [3.05, 3.63) is 75.9 Å². The van der Waals surface area contributed by atoms with Gasteiger partial charge in [-0.2, -0.15) is 0 Å². The lowest BCUT2D eigenvalue weighted by molar-refractivity contribution is 0.0505. The van der Waals surface area contributed by atoms with Gasteiger partial charge >= 0.3 is 5.97 Å². The minimum atomic E-state index is -0.482. The van der Waals surface area contributed by atoms with Crippen molar-refractivity contribution >= 4 is 23.5 Å². The number of hydrogen-bond acceptors (Lipinski definition) is 8. The standard InChI is InChI=1S/C32H40N6O3/c1-19(2)28-29(36-24-13-12-22-10-8-9-11-23(22)24)33-17-25(35-28)30(39)38-15-14-37(18-32(38,5)6)26-16-20(3)27(21(4)34-26)31(40)41-7/h8-11,16-17,19,24H,12-15,18H2,1-7H3,(H,33,36)/t24-/m0/s1. The molecule has 3 aromatic rings. The third kappa shape index (κ3) is 5.49. The number of nitrogens with one attached hydrogen (secondary N) is 1. The maximum absolute atomic E-state index is 13.8. The number of pyridine rings is 1. The van der Waals surface area contributed by atoms with Crippen LogP contribution in [0, 0.1) is 13.8 Å². The van der Waals surface area contributed by atoms with Crippen LogP contribution in [0.2, 0.25) is 0 Å². The molecule has 0 bridgehead atoms. The molecule has 0 unspecified atom stereocenters. The van der Waals surface area contributed by atoms with E-state index in [2.05, 4.69) is 62.2 Å². The van der Waals surface area contributed by atoms with Crippen LogP contribution in [0.15, 0.2) is 36.5 Å². The van der Waals surface area contributed by atoms with E-state index in [1.165, 1.54) is 18.2 Å². The molecule has 3 heterocycles. The molecule has 1 N–H and O–H groups in total. The maximum Gasteiger partial charge on any atom is 0.339 e. The number of fused-ring (bicyclic) bond motifs is 1. The lowest BCUT2D eigenvalue weighted by Gasteiger charge is -2.47. The van der Waals surface area contributed by atoms with E-state index < -0.39 is 5.54 Å². The van der Waals surface area contributed by atoms with Gasteiger partial charge in [0.15, 0.2) is 0 Å². The third-order valence-corrected chi connectivity index (χ3v) is 8.25. The Kier molecular flexibility index (Phi) is 7.72. The first-order valence-electron chi connectivity index (χ1n) is 14.3. The molecule has 9 heteroatoms. The molecule has 2 aromatic heterocycles. The summed E-state index contributed by atoms with van der Waals surface area (Å²) >= 11 is 0. The van der Waals surface area contributed by atoms with Crippen LogP contribution in [0.25, 0.3) is 0 Å². The maximum atomic E-state index is 13.8. The van der Waals surface area contributed by atoms with Crippen molar-refractivity contribution in [3.63, 3.8) is 0 Å². The summed E-state index contributed by atoms with van der Waals surface area (Å²) in [6.45, 7) is 13.7. The second kappa shape index (κ2) is 11.1. The molecule has 5 rings (SSSR count). The lowest BCUT2D eigenvalue weighted by atomic mass is 9.97. The number of methoxy groups -OCH3 is 1. The number of carbonyl (C=O) groups is 2. The van der Waals surface area contributed by atoms with E-state index in [4.69, 9.17) is 19.7 Å². The molecular weight excluding hydrogens is 516 g/mol. The van der Waals surface area contributed by atoms with Crippen molar-refractivity contribution in [2.45, 2.75) is 71.9 Å². The number of anilines is 2. The zero-order valence-electron chi connectivity index (χ0n) is 25.1. The Labute approximate surface area is 242 Å². The van der Waals surface area contributed by atoms with Gasteiger partial charge in [-0.25, -0.2) is 19.7 Å². The Hall–Kier alpha value is -4.01. The summed E-state index contributed by atoms with van der Waals surface area (Å²) in [6.07, 6.45) is 3.66. The Bertz CT molecular complexity index is 1460. The van der Waals surface area contributed by atoms with Crippen LogP contribution in [-0.2, 0) is 11.2 Å². The van der Waals surface area contributed by atoms with Crippen molar-refractivity contribution in [3.8, 4) is 0 Å². The van der Waals surface area contributed by atoms with E-state index >= 15 is 0 Å². The number of ether oxygens (including phenoxy) is 1. The number of carbonyl (C=O) groups excluding carboxylic acids is 2. The summed E-state index contributed by atoms with van der Waals surface area (Å²) in [7, 11) is 1.38. The van der Waals surface area contributed by atoms with E-state index in [0.717, 1.165) is 35.7 Å². The number of aryl methyl sites for hydroxylation is 3. The molecule has 9 nitrogen and oxygen atoms in total. The first kappa shape index (κ1) is 28.5. The van der Waals surface area contributed by atoms with Crippen LogP contribution in [0.3, 0.4) is 0 Å². The predicted octanol–water partition coefficient (Wildman–Crippen LogP) is 5.24. The molecule has 2 aliphatic rings. The van der Waals surface area contributed by atoms with Gasteiger partial charge in [-0.05, 0) is 69.2 Å². The van der Waals surface area contributed by atoms with Crippen molar-refractivity contribution in [2.75, 3.05) is 37.0 Å². The fraction of sp³-hybridized carbons (Fsp3) is 0.469. The predicted molar refractivity (Wildman–Crippen MR) is 160 cm³/mol. The molecule has 0 radical (unpaired) electrons. The van der Waals surface area contributed by atoms with Crippen molar-refractivity contribution < 1.29 is 14.3 Å². The van der Waals surface area contributed by atoms with E-state index in [1.807, 2.05) is 24.8 Å². The molecule has 0 saturated carbocycles. The van der Waals surface area contributed by atoms with Gasteiger partial charge < -0.3 is 19.9 Å². The summed E-state index contributed by atoms with van der Waals surface area (Å²) in [5, 5.41) is 3.62. The Balaban J connectivity index is 1.34. The molecular formula is C32H40N6O3. The second-order valence-electron chi connectivity index (χ2n) is 12.0. The molecule has 1 saturated heterocycles. The highest BCUT2D eigenvalue weighted by Crippen LogP contribution is 2.35. The summed E-state index contributed by atoms with van der Waals surface area (Å²) in [5.74, 6) is 1.13. The normalized spacial score (nSPS) is 17.9. The van der Waals surface area contributed by atoms with Crippen molar-refractivity contribution in [1.29, 1.82) is 0 Å². The summed E-state index contributed by atoms with van der Waals surface area (Å²) in [4.78, 5) is 44.4. The summed E-state index contributed by atoms with van der Waals surface area (Å²) < 4.78 is 4.92. The van der Waals surface area contributed by atoms with E-state index in [9.17, 15) is 9.59 Å². The average molecular weight is 557 g/mol. The first-order valence-corrected chi connectivity index (χ1v) is 14.3. The SMILES string of the molecule is COC(=O)c1c(C)cc(N2CCN(C(=O)c3cnc(N[C@H]4CCc5ccccc54)c(C(C)C)n3)C(C)(C)C2)nc1C. The van der Waals surface area contributed by atoms with Crippen LogP contribution in [0.5, 0.6) is 0 Å². The smallest absolute Gasteiger partial charge is 0.339 e. The Morgan fingerprint density at radius 1 is 1.12 bits per heavy atom. The number of piperazine rings is 1. The van der Waals surface area contributed by atoms with Crippen LogP contribution in [0.4, 0.5) is 11.6 Å². The van der Waals surface area contributed by atoms with Gasteiger partial charge in [0.2, 0.25) is 0 Å². The average Bonchev–Trinajstić information content (AvgIpc) is 3.34. The Morgan fingerprint density at radius 3 is 2.56 bits per heavy atom. The first-order chi connectivity index (χ1) is 19.5. The largest absolute Gasteiger partial charge is 0.465 e. The minimum Gasteiger partial charge on any atom is -0.465 e. The van der Waals surface area contributed by atoms with Gasteiger partial charge in [0.25, 0.3) is 5.91 Å². The number of amides is 1. The quantitative estimate of drug-likeness (QED) is 0.412. The van der Waals surface area contributed by atoms with Gasteiger partial charge in [0.1, 0.15) is 17.3 Å². The van der Waals surface area contributed by atoms with E-state index in [1.54, 1.807) is 6.20 Å². The van der Waals surface area contributed by atoms with Gasteiger partial charge in [-0.3, -0.25) is 4.79 Å². The highest BCUT2D eigenvalue weighted by molar-refractivity contribution is 5.93. The van der Waals surface area contributed by atoms with Crippen molar-refractivity contribution in [1.82, 2.24) is 19.9 Å². The molecule has 1 aliphatic heterocycles. The van der Waals surface area contributed by atoms with Gasteiger partial charge in [0, 0.05) is 19.6 Å². The number of aromatic nitrogens is 3. The number of rotatable bonds is 6. The fourth-order valence-electron chi connectivity index (χ4n) is 6.14. The topological polar surface area (TPSA) is 101 Å².